The van der Waals surface area contributed by atoms with Crippen molar-refractivity contribution in [2.45, 2.75) is 6.42 Å². The summed E-state index contributed by atoms with van der Waals surface area (Å²) in [6.45, 7) is 0. The molecule has 0 saturated carbocycles. The predicted octanol–water partition coefficient (Wildman–Crippen LogP) is 2.49. The Morgan fingerprint density at radius 1 is 1.19 bits per heavy atom. The van der Waals surface area contributed by atoms with Crippen LogP contribution in [-0.4, -0.2) is 23.0 Å². The molecule has 1 aromatic heterocycles. The van der Waals surface area contributed by atoms with Crippen molar-refractivity contribution < 1.29 is 9.53 Å². The first kappa shape index (κ1) is 17.9. The average molecular weight is 360 g/mol. The van der Waals surface area contributed by atoms with E-state index >= 15 is 0 Å². The van der Waals surface area contributed by atoms with E-state index in [-0.39, 0.29) is 5.69 Å². The van der Waals surface area contributed by atoms with Gasteiger partial charge in [-0.1, -0.05) is 12.1 Å². The highest BCUT2D eigenvalue weighted by molar-refractivity contribution is 6.02. The molecule has 134 valence electrons. The predicted molar refractivity (Wildman–Crippen MR) is 99.8 cm³/mol. The zero-order chi connectivity index (χ0) is 19.2. The molecule has 0 atom stereocenters. The van der Waals surface area contributed by atoms with Crippen LogP contribution >= 0.6 is 0 Å². The Hall–Kier alpha value is -3.92. The van der Waals surface area contributed by atoms with Crippen LogP contribution in [0.2, 0.25) is 0 Å². The van der Waals surface area contributed by atoms with Crippen molar-refractivity contribution in [3.8, 4) is 11.8 Å². The van der Waals surface area contributed by atoms with Crippen LogP contribution in [0.3, 0.4) is 0 Å². The second-order valence-corrected chi connectivity index (χ2v) is 5.75. The molecule has 3 aromatic rings. The Morgan fingerprint density at radius 2 is 1.89 bits per heavy atom. The molecule has 0 aliphatic carbocycles. The summed E-state index contributed by atoms with van der Waals surface area (Å²) >= 11 is 0. The third kappa shape index (κ3) is 4.58. The van der Waals surface area contributed by atoms with Gasteiger partial charge in [0.1, 0.15) is 17.3 Å². The molecule has 0 bridgehead atoms. The van der Waals surface area contributed by atoms with Gasteiger partial charge in [0.2, 0.25) is 0 Å². The molecular weight excluding hydrogens is 344 g/mol. The maximum absolute atomic E-state index is 12.4. The van der Waals surface area contributed by atoms with Gasteiger partial charge in [-0.15, -0.1) is 0 Å². The summed E-state index contributed by atoms with van der Waals surface area (Å²) in [6.07, 6.45) is 0.372. The smallest absolute Gasteiger partial charge is 0.274 e. The molecule has 7 heteroatoms. The van der Waals surface area contributed by atoms with E-state index in [0.717, 1.165) is 17.4 Å². The van der Waals surface area contributed by atoms with E-state index in [1.165, 1.54) is 0 Å². The first-order valence-corrected chi connectivity index (χ1v) is 8.12. The number of nitriles is 1. The number of nitrogens with one attached hydrogen (secondary N) is 2. The van der Waals surface area contributed by atoms with Crippen LogP contribution in [-0.2, 0) is 6.42 Å². The van der Waals surface area contributed by atoms with Gasteiger partial charge in [0.05, 0.1) is 18.7 Å². The summed E-state index contributed by atoms with van der Waals surface area (Å²) in [6, 6.07) is 16.9. The number of hydrogen-bond acceptors (Lipinski definition) is 5. The first-order valence-electron chi connectivity index (χ1n) is 8.12. The minimum absolute atomic E-state index is 0.0200. The highest BCUT2D eigenvalue weighted by Crippen LogP contribution is 2.14. The van der Waals surface area contributed by atoms with Gasteiger partial charge in [-0.05, 0) is 42.0 Å². The summed E-state index contributed by atoms with van der Waals surface area (Å²) < 4.78 is 5.12. The number of carbonyl (C=O) groups excluding carboxylic acids is 1. The maximum Gasteiger partial charge on any atom is 0.274 e. The van der Waals surface area contributed by atoms with E-state index in [9.17, 15) is 9.59 Å². The molecule has 0 aliphatic heterocycles. The fourth-order valence-electron chi connectivity index (χ4n) is 2.47. The SMILES string of the molecule is COc1ccc(Cc2nc(C(=O)Nc3ccc(C#N)cc3)cc(=O)[nH]2)cc1. The zero-order valence-electron chi connectivity index (χ0n) is 14.5. The quantitative estimate of drug-likeness (QED) is 0.727. The number of nitrogens with zero attached hydrogens (tertiary/aromatic N) is 2. The molecule has 0 unspecified atom stereocenters. The maximum atomic E-state index is 12.4. The molecule has 1 heterocycles. The van der Waals surface area contributed by atoms with E-state index in [1.54, 1.807) is 31.4 Å². The summed E-state index contributed by atoms with van der Waals surface area (Å²) in [7, 11) is 1.59. The molecule has 0 saturated heterocycles. The molecule has 2 aromatic carbocycles. The number of benzene rings is 2. The molecule has 27 heavy (non-hydrogen) atoms. The fourth-order valence-corrected chi connectivity index (χ4v) is 2.47. The Balaban J connectivity index is 1.78. The number of H-pyrrole nitrogens is 1. The van der Waals surface area contributed by atoms with Crippen molar-refractivity contribution in [3.05, 3.63) is 87.6 Å². The van der Waals surface area contributed by atoms with Crippen LogP contribution in [0, 0.1) is 11.3 Å². The lowest BCUT2D eigenvalue weighted by Gasteiger charge is -2.07. The summed E-state index contributed by atoms with van der Waals surface area (Å²) in [5.41, 5.74) is 1.54. The molecule has 0 fully saturated rings. The lowest BCUT2D eigenvalue weighted by molar-refractivity contribution is 0.102. The van der Waals surface area contributed by atoms with Gasteiger partial charge in [0.25, 0.3) is 11.5 Å². The van der Waals surface area contributed by atoms with Gasteiger partial charge in [-0.25, -0.2) is 4.98 Å². The van der Waals surface area contributed by atoms with Crippen molar-refractivity contribution in [2.24, 2.45) is 0 Å². The molecule has 7 nitrogen and oxygen atoms in total. The first-order chi connectivity index (χ1) is 13.1. The van der Waals surface area contributed by atoms with Crippen molar-refractivity contribution in [3.63, 3.8) is 0 Å². The zero-order valence-corrected chi connectivity index (χ0v) is 14.5. The number of carbonyl (C=O) groups is 1. The molecule has 0 radical (unpaired) electrons. The van der Waals surface area contributed by atoms with Crippen LogP contribution < -0.4 is 15.6 Å². The number of aromatic nitrogens is 2. The van der Waals surface area contributed by atoms with E-state index in [4.69, 9.17) is 10.00 Å². The lowest BCUT2D eigenvalue weighted by atomic mass is 10.1. The van der Waals surface area contributed by atoms with Crippen molar-refractivity contribution >= 4 is 11.6 Å². The fraction of sp³-hybridized carbons (Fsp3) is 0.100. The van der Waals surface area contributed by atoms with Crippen LogP contribution in [0.5, 0.6) is 5.75 Å². The molecule has 2 N–H and O–H groups in total. The van der Waals surface area contributed by atoms with E-state index < -0.39 is 11.5 Å². The average Bonchev–Trinajstić information content (AvgIpc) is 2.68. The van der Waals surface area contributed by atoms with E-state index in [2.05, 4.69) is 15.3 Å². The minimum atomic E-state index is -0.498. The number of amides is 1. The number of anilines is 1. The van der Waals surface area contributed by atoms with Crippen LogP contribution in [0.1, 0.15) is 27.4 Å². The summed E-state index contributed by atoms with van der Waals surface area (Å²) in [5, 5.41) is 11.5. The number of ether oxygens (including phenoxy) is 1. The minimum Gasteiger partial charge on any atom is -0.497 e. The molecule has 1 amide bonds. The largest absolute Gasteiger partial charge is 0.497 e. The second-order valence-electron chi connectivity index (χ2n) is 5.75. The van der Waals surface area contributed by atoms with Gasteiger partial charge < -0.3 is 15.0 Å². The Morgan fingerprint density at radius 3 is 2.52 bits per heavy atom. The third-order valence-corrected chi connectivity index (χ3v) is 3.83. The van der Waals surface area contributed by atoms with Crippen molar-refractivity contribution in [2.75, 3.05) is 12.4 Å². The van der Waals surface area contributed by atoms with Crippen molar-refractivity contribution in [1.29, 1.82) is 5.26 Å². The number of hydrogen-bond donors (Lipinski definition) is 2. The number of rotatable bonds is 5. The monoisotopic (exact) mass is 360 g/mol. The topological polar surface area (TPSA) is 108 Å². The number of methoxy groups -OCH3 is 1. The highest BCUT2D eigenvalue weighted by Gasteiger charge is 2.11. The van der Waals surface area contributed by atoms with Gasteiger partial charge in [0, 0.05) is 18.2 Å². The van der Waals surface area contributed by atoms with Gasteiger partial charge in [-0.2, -0.15) is 5.26 Å². The van der Waals surface area contributed by atoms with E-state index in [1.807, 2.05) is 30.3 Å². The van der Waals surface area contributed by atoms with Gasteiger partial charge in [-0.3, -0.25) is 9.59 Å². The Labute approximate surface area is 155 Å². The molecule has 3 rings (SSSR count). The van der Waals surface area contributed by atoms with Crippen LogP contribution in [0.15, 0.2) is 59.4 Å². The summed E-state index contributed by atoms with van der Waals surface area (Å²) in [4.78, 5) is 31.2. The second kappa shape index (κ2) is 7.97. The third-order valence-electron chi connectivity index (χ3n) is 3.83. The van der Waals surface area contributed by atoms with Crippen LogP contribution in [0.25, 0.3) is 0 Å². The highest BCUT2D eigenvalue weighted by atomic mass is 16.5. The molecule has 0 aliphatic rings. The van der Waals surface area contributed by atoms with E-state index in [0.29, 0.717) is 23.5 Å². The number of aromatic amines is 1. The Bertz CT molecular complexity index is 1050. The van der Waals surface area contributed by atoms with Crippen LogP contribution in [0.4, 0.5) is 5.69 Å². The summed E-state index contributed by atoms with van der Waals surface area (Å²) in [5.74, 6) is 0.621. The van der Waals surface area contributed by atoms with Gasteiger partial charge >= 0.3 is 0 Å². The van der Waals surface area contributed by atoms with Gasteiger partial charge in [0.15, 0.2) is 0 Å². The normalized spacial score (nSPS) is 10.1. The molecular formula is C20H16N4O3. The standard InChI is InChI=1S/C20H16N4O3/c1-27-16-8-4-13(5-9-16)10-18-23-17(11-19(25)24-18)20(26)22-15-6-2-14(12-21)3-7-15/h2-9,11H,10H2,1H3,(H,22,26)(H,23,24,25). The lowest BCUT2D eigenvalue weighted by Crippen LogP contribution is -2.20. The molecule has 0 spiro atoms. The Kier molecular flexibility index (Phi) is 5.28. The van der Waals surface area contributed by atoms with Crippen molar-refractivity contribution in [1.82, 2.24) is 9.97 Å².